The van der Waals surface area contributed by atoms with Crippen LogP contribution in [0.3, 0.4) is 0 Å². The van der Waals surface area contributed by atoms with Crippen LogP contribution in [0.1, 0.15) is 24.2 Å². The smallest absolute Gasteiger partial charge is 0.243 e. The lowest BCUT2D eigenvalue weighted by Gasteiger charge is -2.35. The van der Waals surface area contributed by atoms with Crippen LogP contribution < -0.4 is 5.32 Å². The zero-order valence-corrected chi connectivity index (χ0v) is 13.1. The summed E-state index contributed by atoms with van der Waals surface area (Å²) in [6, 6.07) is -0.321. The fourth-order valence-electron chi connectivity index (χ4n) is 2.75. The molecule has 108 valence electrons. The normalized spacial score (nSPS) is 23.1. The van der Waals surface area contributed by atoms with Gasteiger partial charge >= 0.3 is 0 Å². The predicted molar refractivity (Wildman–Crippen MR) is 75.7 cm³/mol. The van der Waals surface area contributed by atoms with Crippen molar-refractivity contribution in [3.05, 3.63) is 15.9 Å². The van der Waals surface area contributed by atoms with E-state index in [-0.39, 0.29) is 24.4 Å². The number of rotatable bonds is 3. The zero-order chi connectivity index (χ0) is 14.4. The van der Waals surface area contributed by atoms with E-state index in [1.165, 1.54) is 0 Å². The summed E-state index contributed by atoms with van der Waals surface area (Å²) in [4.78, 5) is 25.9. The average Bonchev–Trinajstić information content (AvgIpc) is 3.19. The Morgan fingerprint density at radius 3 is 2.65 bits per heavy atom. The Labute approximate surface area is 125 Å². The van der Waals surface area contributed by atoms with E-state index < -0.39 is 0 Å². The molecule has 7 heteroatoms. The molecule has 1 unspecified atom stereocenters. The molecule has 2 heterocycles. The predicted octanol–water partition coefficient (Wildman–Crippen LogP) is 0.728. The number of carbonyl (C=O) groups is 2. The second-order valence-corrected chi connectivity index (χ2v) is 6.28. The zero-order valence-electron chi connectivity index (χ0n) is 11.5. The Kier molecular flexibility index (Phi) is 3.32. The van der Waals surface area contributed by atoms with Gasteiger partial charge in [-0.25, -0.2) is 0 Å². The first kappa shape index (κ1) is 13.6. The number of piperazine rings is 1. The first-order valence-corrected chi connectivity index (χ1v) is 7.53. The fraction of sp³-hybridized carbons (Fsp3) is 0.615. The van der Waals surface area contributed by atoms with E-state index in [0.717, 1.165) is 28.7 Å². The van der Waals surface area contributed by atoms with Gasteiger partial charge in [-0.15, -0.1) is 0 Å². The van der Waals surface area contributed by atoms with Gasteiger partial charge in [0, 0.05) is 7.05 Å². The van der Waals surface area contributed by atoms with Crippen molar-refractivity contribution in [2.45, 2.75) is 32.4 Å². The molecule has 2 fully saturated rings. The van der Waals surface area contributed by atoms with Crippen LogP contribution in [0.15, 0.2) is 4.47 Å². The van der Waals surface area contributed by atoms with E-state index in [1.807, 2.05) is 14.0 Å². The summed E-state index contributed by atoms with van der Waals surface area (Å²) in [5.74, 6) is 0.265. The van der Waals surface area contributed by atoms with Gasteiger partial charge in [-0.2, -0.15) is 5.10 Å². The fourth-order valence-corrected chi connectivity index (χ4v) is 3.21. The van der Waals surface area contributed by atoms with Crippen molar-refractivity contribution >= 4 is 27.7 Å². The highest BCUT2D eigenvalue weighted by Crippen LogP contribution is 2.37. The van der Waals surface area contributed by atoms with Crippen molar-refractivity contribution in [2.24, 2.45) is 13.0 Å². The second-order valence-electron chi connectivity index (χ2n) is 5.49. The van der Waals surface area contributed by atoms with Crippen LogP contribution in [0.25, 0.3) is 0 Å². The minimum absolute atomic E-state index is 0.0211. The third-order valence-corrected chi connectivity index (χ3v) is 5.02. The van der Waals surface area contributed by atoms with Gasteiger partial charge in [0.15, 0.2) is 0 Å². The Hall–Kier alpha value is -1.37. The van der Waals surface area contributed by atoms with Crippen LogP contribution in [0, 0.1) is 12.8 Å². The molecule has 1 aliphatic carbocycles. The average molecular weight is 341 g/mol. The Balaban J connectivity index is 1.89. The maximum Gasteiger partial charge on any atom is 0.243 e. The molecule has 1 aromatic heterocycles. The number of nitrogens with one attached hydrogen (secondary N) is 1. The van der Waals surface area contributed by atoms with E-state index in [9.17, 15) is 9.59 Å². The molecule has 0 aromatic carbocycles. The molecular weight excluding hydrogens is 324 g/mol. The lowest BCUT2D eigenvalue weighted by atomic mass is 10.1. The molecule has 2 amide bonds. The molecule has 1 aromatic rings. The molecule has 6 nitrogen and oxygen atoms in total. The minimum Gasteiger partial charge on any atom is -0.345 e. The number of carbonyl (C=O) groups excluding carboxylic acids is 2. The van der Waals surface area contributed by atoms with Crippen LogP contribution in [-0.2, 0) is 23.2 Å². The number of halogens is 1. The highest BCUT2D eigenvalue weighted by Gasteiger charge is 2.44. The van der Waals surface area contributed by atoms with Crippen LogP contribution in [-0.4, -0.2) is 39.1 Å². The largest absolute Gasteiger partial charge is 0.345 e. The standard InChI is InChI=1S/C13H17BrN4O2/c1-7-11(14)9(17(2)16-7)6-18-10(19)5-15-13(20)12(18)8-3-4-8/h8,12H,3-6H2,1-2H3,(H,15,20). The second kappa shape index (κ2) is 4.87. The summed E-state index contributed by atoms with van der Waals surface area (Å²) >= 11 is 3.51. The number of hydrogen-bond acceptors (Lipinski definition) is 3. The van der Waals surface area contributed by atoms with E-state index in [1.54, 1.807) is 9.58 Å². The SMILES string of the molecule is Cc1nn(C)c(CN2C(=O)CNC(=O)C2C2CC2)c1Br. The van der Waals surface area contributed by atoms with E-state index in [4.69, 9.17) is 0 Å². The van der Waals surface area contributed by atoms with Gasteiger partial charge in [-0.05, 0) is 41.6 Å². The van der Waals surface area contributed by atoms with E-state index in [2.05, 4.69) is 26.3 Å². The minimum atomic E-state index is -0.321. The summed E-state index contributed by atoms with van der Waals surface area (Å²) in [7, 11) is 1.85. The van der Waals surface area contributed by atoms with Gasteiger partial charge in [0.05, 0.1) is 29.0 Å². The summed E-state index contributed by atoms with van der Waals surface area (Å²) in [6.45, 7) is 2.43. The molecular formula is C13H17BrN4O2. The summed E-state index contributed by atoms with van der Waals surface area (Å²) < 4.78 is 2.68. The van der Waals surface area contributed by atoms with Crippen LogP contribution in [0.5, 0.6) is 0 Å². The topological polar surface area (TPSA) is 67.2 Å². The molecule has 1 aliphatic heterocycles. The van der Waals surface area contributed by atoms with Crippen LogP contribution in [0.4, 0.5) is 0 Å². The lowest BCUT2D eigenvalue weighted by molar-refractivity contribution is -0.147. The molecule has 20 heavy (non-hydrogen) atoms. The van der Waals surface area contributed by atoms with Gasteiger partial charge in [0.1, 0.15) is 6.04 Å². The Morgan fingerprint density at radius 1 is 1.40 bits per heavy atom. The van der Waals surface area contributed by atoms with Gasteiger partial charge in [-0.1, -0.05) is 0 Å². The molecule has 2 aliphatic rings. The number of nitrogens with zero attached hydrogens (tertiary/aromatic N) is 3. The molecule has 1 atom stereocenters. The maximum absolute atomic E-state index is 12.2. The third-order valence-electron chi connectivity index (χ3n) is 3.99. The number of amides is 2. The third kappa shape index (κ3) is 2.24. The number of hydrogen-bond donors (Lipinski definition) is 1. The van der Waals surface area contributed by atoms with Crippen molar-refractivity contribution in [1.82, 2.24) is 20.0 Å². The van der Waals surface area contributed by atoms with Crippen LogP contribution in [0.2, 0.25) is 0 Å². The lowest BCUT2D eigenvalue weighted by Crippen LogP contribution is -2.58. The van der Waals surface area contributed by atoms with Crippen molar-refractivity contribution in [2.75, 3.05) is 6.54 Å². The molecule has 1 saturated heterocycles. The van der Waals surface area contributed by atoms with Crippen molar-refractivity contribution in [3.8, 4) is 0 Å². The molecule has 0 radical (unpaired) electrons. The van der Waals surface area contributed by atoms with Gasteiger partial charge in [0.25, 0.3) is 0 Å². The quantitative estimate of drug-likeness (QED) is 0.881. The first-order chi connectivity index (χ1) is 9.49. The van der Waals surface area contributed by atoms with Crippen molar-refractivity contribution < 1.29 is 9.59 Å². The number of aromatic nitrogens is 2. The molecule has 3 rings (SSSR count). The molecule has 1 saturated carbocycles. The van der Waals surface area contributed by atoms with Gasteiger partial charge < -0.3 is 10.2 Å². The van der Waals surface area contributed by atoms with E-state index in [0.29, 0.717) is 12.5 Å². The van der Waals surface area contributed by atoms with Crippen molar-refractivity contribution in [1.29, 1.82) is 0 Å². The molecule has 1 N–H and O–H groups in total. The Morgan fingerprint density at radius 2 is 2.10 bits per heavy atom. The summed E-state index contributed by atoms with van der Waals surface area (Å²) in [5.41, 5.74) is 1.82. The van der Waals surface area contributed by atoms with Gasteiger partial charge in [0.2, 0.25) is 11.8 Å². The van der Waals surface area contributed by atoms with E-state index >= 15 is 0 Å². The highest BCUT2D eigenvalue weighted by atomic mass is 79.9. The highest BCUT2D eigenvalue weighted by molar-refractivity contribution is 9.10. The maximum atomic E-state index is 12.2. The molecule has 0 bridgehead atoms. The number of aryl methyl sites for hydroxylation is 2. The molecule has 0 spiro atoms. The Bertz CT molecular complexity index is 579. The van der Waals surface area contributed by atoms with Crippen molar-refractivity contribution in [3.63, 3.8) is 0 Å². The van der Waals surface area contributed by atoms with Crippen LogP contribution >= 0.6 is 15.9 Å². The summed E-state index contributed by atoms with van der Waals surface area (Å²) in [6.07, 6.45) is 2.04. The van der Waals surface area contributed by atoms with Gasteiger partial charge in [-0.3, -0.25) is 14.3 Å². The first-order valence-electron chi connectivity index (χ1n) is 6.74. The monoisotopic (exact) mass is 340 g/mol. The summed E-state index contributed by atoms with van der Waals surface area (Å²) in [5, 5.41) is 7.03.